The van der Waals surface area contributed by atoms with Crippen LogP contribution in [0.1, 0.15) is 41.3 Å². The van der Waals surface area contributed by atoms with Crippen LogP contribution in [-0.4, -0.2) is 5.78 Å². The third-order valence-corrected chi connectivity index (χ3v) is 4.79. The van der Waals surface area contributed by atoms with E-state index in [2.05, 4.69) is 29.5 Å². The van der Waals surface area contributed by atoms with Gasteiger partial charge in [-0.1, -0.05) is 49.2 Å². The number of carbonyl (C=O) groups is 1. The topological polar surface area (TPSA) is 17.1 Å². The largest absolute Gasteiger partial charge is 0.289 e. The molecule has 0 spiro atoms. The van der Waals surface area contributed by atoms with Gasteiger partial charge in [-0.2, -0.15) is 0 Å². The lowest BCUT2D eigenvalue weighted by atomic mass is 10.0. The lowest BCUT2D eigenvalue weighted by Crippen LogP contribution is -2.01. The van der Waals surface area contributed by atoms with Crippen LogP contribution in [0.5, 0.6) is 0 Å². The molecule has 0 amide bonds. The highest BCUT2D eigenvalue weighted by molar-refractivity contribution is 14.1. The number of rotatable bonds is 5. The standard InChI is InChI=1S/C17H16ClIO/c1-2-3-4-12-5-7-13(8-6-12)17(20)14-9-10-16(19)15(18)11-14/h5-11H,2-4H2,1H3. The molecule has 0 bridgehead atoms. The second kappa shape index (κ2) is 7.23. The lowest BCUT2D eigenvalue weighted by molar-refractivity contribution is 0.103. The van der Waals surface area contributed by atoms with Gasteiger partial charge >= 0.3 is 0 Å². The SMILES string of the molecule is CCCCc1ccc(C(=O)c2ccc(I)c(Cl)c2)cc1. The Morgan fingerprint density at radius 1 is 1.10 bits per heavy atom. The van der Waals surface area contributed by atoms with Crippen molar-refractivity contribution in [1.29, 1.82) is 0 Å². The van der Waals surface area contributed by atoms with Gasteiger partial charge in [0.25, 0.3) is 0 Å². The van der Waals surface area contributed by atoms with Crippen molar-refractivity contribution in [2.75, 3.05) is 0 Å². The molecular formula is C17H16ClIO. The highest BCUT2D eigenvalue weighted by Crippen LogP contribution is 2.21. The molecule has 2 aromatic rings. The first-order valence-corrected chi connectivity index (χ1v) is 8.16. The Labute approximate surface area is 138 Å². The van der Waals surface area contributed by atoms with Gasteiger partial charge in [-0.25, -0.2) is 0 Å². The normalized spacial score (nSPS) is 10.6. The van der Waals surface area contributed by atoms with E-state index in [1.165, 1.54) is 18.4 Å². The first-order chi connectivity index (χ1) is 9.61. The van der Waals surface area contributed by atoms with E-state index in [0.717, 1.165) is 9.99 Å². The molecule has 1 nitrogen and oxygen atoms in total. The van der Waals surface area contributed by atoms with E-state index in [9.17, 15) is 4.79 Å². The van der Waals surface area contributed by atoms with E-state index in [1.807, 2.05) is 36.4 Å². The minimum atomic E-state index is 0.0188. The van der Waals surface area contributed by atoms with Crippen LogP contribution in [0.4, 0.5) is 0 Å². The summed E-state index contributed by atoms with van der Waals surface area (Å²) in [6.07, 6.45) is 3.43. The number of hydrogen-bond donors (Lipinski definition) is 0. The van der Waals surface area contributed by atoms with Crippen LogP contribution >= 0.6 is 34.2 Å². The Morgan fingerprint density at radius 2 is 1.75 bits per heavy atom. The Morgan fingerprint density at radius 3 is 2.35 bits per heavy atom. The number of ketones is 1. The van der Waals surface area contributed by atoms with Gasteiger partial charge in [0.05, 0.1) is 5.02 Å². The summed E-state index contributed by atoms with van der Waals surface area (Å²) < 4.78 is 0.954. The maximum absolute atomic E-state index is 12.4. The van der Waals surface area contributed by atoms with Crippen molar-refractivity contribution in [3.8, 4) is 0 Å². The van der Waals surface area contributed by atoms with Gasteiger partial charge in [0, 0.05) is 14.7 Å². The molecule has 0 aliphatic rings. The summed E-state index contributed by atoms with van der Waals surface area (Å²) in [7, 11) is 0. The molecule has 2 rings (SSSR count). The first kappa shape index (κ1) is 15.5. The number of unbranched alkanes of at least 4 members (excludes halogenated alkanes) is 1. The molecule has 2 aromatic carbocycles. The molecule has 0 aliphatic carbocycles. The summed E-state index contributed by atoms with van der Waals surface area (Å²) in [5.41, 5.74) is 2.63. The van der Waals surface area contributed by atoms with Gasteiger partial charge in [-0.3, -0.25) is 4.79 Å². The van der Waals surface area contributed by atoms with Gasteiger partial charge in [-0.15, -0.1) is 0 Å². The van der Waals surface area contributed by atoms with Gasteiger partial charge in [0.15, 0.2) is 5.78 Å². The summed E-state index contributed by atoms with van der Waals surface area (Å²) in [5.74, 6) is 0.0188. The van der Waals surface area contributed by atoms with E-state index >= 15 is 0 Å². The molecule has 0 heterocycles. The second-order valence-corrected chi connectivity index (χ2v) is 6.33. The van der Waals surface area contributed by atoms with E-state index in [4.69, 9.17) is 11.6 Å². The molecule has 3 heteroatoms. The lowest BCUT2D eigenvalue weighted by Gasteiger charge is -2.05. The van der Waals surface area contributed by atoms with Crippen molar-refractivity contribution in [2.24, 2.45) is 0 Å². The maximum Gasteiger partial charge on any atom is 0.193 e. The first-order valence-electron chi connectivity index (χ1n) is 6.70. The maximum atomic E-state index is 12.4. The highest BCUT2D eigenvalue weighted by atomic mass is 127. The van der Waals surface area contributed by atoms with Crippen molar-refractivity contribution in [2.45, 2.75) is 26.2 Å². The van der Waals surface area contributed by atoms with Crippen LogP contribution in [0, 0.1) is 3.57 Å². The summed E-state index contributed by atoms with van der Waals surface area (Å²) in [5, 5.41) is 0.621. The van der Waals surface area contributed by atoms with Crippen molar-refractivity contribution >= 4 is 40.0 Å². The monoisotopic (exact) mass is 398 g/mol. The smallest absolute Gasteiger partial charge is 0.193 e. The molecule has 0 aromatic heterocycles. The molecule has 0 saturated carbocycles. The zero-order valence-electron chi connectivity index (χ0n) is 11.3. The molecule has 20 heavy (non-hydrogen) atoms. The number of benzene rings is 2. The molecule has 0 unspecified atom stereocenters. The van der Waals surface area contributed by atoms with E-state index in [0.29, 0.717) is 16.1 Å². The van der Waals surface area contributed by atoms with Gasteiger partial charge < -0.3 is 0 Å². The Kier molecular flexibility index (Phi) is 5.61. The molecule has 0 radical (unpaired) electrons. The fourth-order valence-corrected chi connectivity index (χ4v) is 2.52. The van der Waals surface area contributed by atoms with E-state index < -0.39 is 0 Å². The predicted octanol–water partition coefficient (Wildman–Crippen LogP) is 5.52. The van der Waals surface area contributed by atoms with E-state index in [1.54, 1.807) is 6.07 Å². The Bertz CT molecular complexity index is 605. The average Bonchev–Trinajstić information content (AvgIpc) is 2.48. The van der Waals surface area contributed by atoms with Crippen LogP contribution in [0.2, 0.25) is 5.02 Å². The number of halogens is 2. The minimum Gasteiger partial charge on any atom is -0.289 e. The van der Waals surface area contributed by atoms with Crippen molar-refractivity contribution < 1.29 is 4.79 Å². The number of aryl methyl sites for hydroxylation is 1. The van der Waals surface area contributed by atoms with Crippen LogP contribution in [0.3, 0.4) is 0 Å². The predicted molar refractivity (Wildman–Crippen MR) is 92.7 cm³/mol. The minimum absolute atomic E-state index is 0.0188. The zero-order valence-corrected chi connectivity index (χ0v) is 14.2. The summed E-state index contributed by atoms with van der Waals surface area (Å²) in [4.78, 5) is 12.4. The van der Waals surface area contributed by atoms with Gasteiger partial charge in [0.1, 0.15) is 0 Å². The fourth-order valence-electron chi connectivity index (χ4n) is 2.01. The van der Waals surface area contributed by atoms with Gasteiger partial charge in [-0.05, 0) is 59.2 Å². The third-order valence-electron chi connectivity index (χ3n) is 3.22. The molecule has 0 saturated heterocycles. The van der Waals surface area contributed by atoms with Crippen molar-refractivity contribution in [3.63, 3.8) is 0 Å². The number of hydrogen-bond acceptors (Lipinski definition) is 1. The van der Waals surface area contributed by atoms with Crippen molar-refractivity contribution in [1.82, 2.24) is 0 Å². The molecule has 0 N–H and O–H groups in total. The summed E-state index contributed by atoms with van der Waals surface area (Å²) in [6, 6.07) is 13.3. The van der Waals surface area contributed by atoms with Crippen LogP contribution in [0.25, 0.3) is 0 Å². The molecule has 0 aliphatic heterocycles. The number of carbonyl (C=O) groups excluding carboxylic acids is 1. The highest BCUT2D eigenvalue weighted by Gasteiger charge is 2.10. The van der Waals surface area contributed by atoms with Crippen LogP contribution < -0.4 is 0 Å². The molecular weight excluding hydrogens is 383 g/mol. The summed E-state index contributed by atoms with van der Waals surface area (Å²) >= 11 is 8.22. The van der Waals surface area contributed by atoms with E-state index in [-0.39, 0.29) is 5.78 Å². The Balaban J connectivity index is 2.18. The van der Waals surface area contributed by atoms with Crippen LogP contribution in [-0.2, 0) is 6.42 Å². The van der Waals surface area contributed by atoms with Gasteiger partial charge in [0.2, 0.25) is 0 Å². The summed E-state index contributed by atoms with van der Waals surface area (Å²) in [6.45, 7) is 2.18. The fraction of sp³-hybridized carbons (Fsp3) is 0.235. The van der Waals surface area contributed by atoms with Crippen molar-refractivity contribution in [3.05, 3.63) is 67.7 Å². The molecule has 0 atom stereocenters. The Hall–Kier alpha value is -0.870. The average molecular weight is 399 g/mol. The zero-order chi connectivity index (χ0) is 14.5. The molecule has 0 fully saturated rings. The quantitative estimate of drug-likeness (QED) is 0.479. The second-order valence-electron chi connectivity index (χ2n) is 4.76. The molecule has 104 valence electrons. The third kappa shape index (κ3) is 3.83. The van der Waals surface area contributed by atoms with Crippen LogP contribution in [0.15, 0.2) is 42.5 Å².